The van der Waals surface area contributed by atoms with Crippen molar-refractivity contribution in [1.82, 2.24) is 9.78 Å². The van der Waals surface area contributed by atoms with Gasteiger partial charge in [0.2, 0.25) is 0 Å². The first kappa shape index (κ1) is 16.0. The maximum absolute atomic E-state index is 11.8. The van der Waals surface area contributed by atoms with Gasteiger partial charge in [0.25, 0.3) is 9.05 Å². The van der Waals surface area contributed by atoms with Crippen molar-refractivity contribution in [3.63, 3.8) is 0 Å². The van der Waals surface area contributed by atoms with E-state index in [0.29, 0.717) is 30.8 Å². The van der Waals surface area contributed by atoms with Crippen LogP contribution in [0.25, 0.3) is 0 Å². The summed E-state index contributed by atoms with van der Waals surface area (Å²) in [5, 5.41) is 4.43. The Kier molecular flexibility index (Phi) is 5.06. The molecule has 4 nitrogen and oxygen atoms in total. The number of hydrogen-bond acceptors (Lipinski definition) is 3. The Bertz CT molecular complexity index is 709. The topological polar surface area (TPSA) is 52.0 Å². The lowest BCUT2D eigenvalue weighted by Gasteiger charge is -2.07. The minimum atomic E-state index is -3.76. The van der Waals surface area contributed by atoms with E-state index in [1.54, 1.807) is 4.68 Å². The minimum absolute atomic E-state index is 0.197. The van der Waals surface area contributed by atoms with Crippen molar-refractivity contribution in [1.29, 1.82) is 0 Å². The van der Waals surface area contributed by atoms with E-state index in [0.717, 1.165) is 6.42 Å². The fourth-order valence-electron chi connectivity index (χ4n) is 2.46. The highest BCUT2D eigenvalue weighted by atomic mass is 35.7. The molecule has 0 atom stereocenters. The highest BCUT2D eigenvalue weighted by Gasteiger charge is 2.25. The van der Waals surface area contributed by atoms with Crippen molar-refractivity contribution in [2.24, 2.45) is 0 Å². The molecule has 21 heavy (non-hydrogen) atoms. The maximum atomic E-state index is 11.8. The summed E-state index contributed by atoms with van der Waals surface area (Å²) in [5.74, 6) is 0. The van der Waals surface area contributed by atoms with E-state index in [2.05, 4.69) is 17.2 Å². The number of hydrogen-bond donors (Lipinski definition) is 0. The van der Waals surface area contributed by atoms with Crippen molar-refractivity contribution in [3.05, 3.63) is 47.3 Å². The van der Waals surface area contributed by atoms with Gasteiger partial charge in [-0.2, -0.15) is 5.10 Å². The highest BCUT2D eigenvalue weighted by Crippen LogP contribution is 2.25. The van der Waals surface area contributed by atoms with Crippen molar-refractivity contribution in [2.75, 3.05) is 0 Å². The first-order valence-electron chi connectivity index (χ1n) is 7.04. The molecule has 0 unspecified atom stereocenters. The van der Waals surface area contributed by atoms with Gasteiger partial charge in [-0.05, 0) is 24.8 Å². The van der Waals surface area contributed by atoms with E-state index < -0.39 is 9.05 Å². The van der Waals surface area contributed by atoms with Crippen molar-refractivity contribution < 1.29 is 8.42 Å². The predicted molar refractivity (Wildman–Crippen MR) is 84.2 cm³/mol. The summed E-state index contributed by atoms with van der Waals surface area (Å²) in [6.07, 6.45) is 1.94. The third kappa shape index (κ3) is 3.66. The summed E-state index contributed by atoms with van der Waals surface area (Å²) in [7, 11) is 1.81. The molecule has 0 aliphatic carbocycles. The standard InChI is InChI=1S/C15H19ClN2O2S/c1-3-13-15(21(16,19)20)14(4-2)18(17-13)11-10-12-8-6-5-7-9-12/h5-9H,3-4,10-11H2,1-2H3. The van der Waals surface area contributed by atoms with E-state index >= 15 is 0 Å². The number of aromatic nitrogens is 2. The molecule has 1 aromatic carbocycles. The molecule has 0 saturated carbocycles. The first-order valence-corrected chi connectivity index (χ1v) is 9.35. The van der Waals surface area contributed by atoms with Gasteiger partial charge in [-0.15, -0.1) is 0 Å². The smallest absolute Gasteiger partial charge is 0.264 e. The summed E-state index contributed by atoms with van der Waals surface area (Å²) in [4.78, 5) is 0.197. The summed E-state index contributed by atoms with van der Waals surface area (Å²) in [6, 6.07) is 10.1. The Labute approximate surface area is 130 Å². The number of halogens is 1. The molecule has 0 aliphatic rings. The Morgan fingerprint density at radius 2 is 1.81 bits per heavy atom. The van der Waals surface area contributed by atoms with Crippen molar-refractivity contribution >= 4 is 19.7 Å². The fraction of sp³-hybridized carbons (Fsp3) is 0.400. The van der Waals surface area contributed by atoms with E-state index in [4.69, 9.17) is 10.7 Å². The monoisotopic (exact) mass is 326 g/mol. The molecule has 0 spiro atoms. The molecule has 2 rings (SSSR count). The molecule has 0 amide bonds. The molecule has 6 heteroatoms. The Balaban J connectivity index is 2.34. The molecule has 1 aromatic heterocycles. The number of rotatable bonds is 6. The summed E-state index contributed by atoms with van der Waals surface area (Å²) in [5.41, 5.74) is 2.44. The van der Waals surface area contributed by atoms with Gasteiger partial charge in [-0.1, -0.05) is 44.2 Å². The highest BCUT2D eigenvalue weighted by molar-refractivity contribution is 8.13. The zero-order chi connectivity index (χ0) is 15.5. The summed E-state index contributed by atoms with van der Waals surface area (Å²) in [6.45, 7) is 4.45. The van der Waals surface area contributed by atoms with Gasteiger partial charge in [-0.25, -0.2) is 8.42 Å². The predicted octanol–water partition coefficient (Wildman–Crippen LogP) is 3.18. The Hall–Kier alpha value is -1.33. The second-order valence-corrected chi connectivity index (χ2v) is 7.33. The first-order chi connectivity index (χ1) is 9.97. The quantitative estimate of drug-likeness (QED) is 0.766. The lowest BCUT2D eigenvalue weighted by Crippen LogP contribution is -2.08. The number of nitrogens with zero attached hydrogens (tertiary/aromatic N) is 2. The second kappa shape index (κ2) is 6.62. The summed E-state index contributed by atoms with van der Waals surface area (Å²) < 4.78 is 25.4. The molecule has 0 bridgehead atoms. The number of benzene rings is 1. The second-order valence-electron chi connectivity index (χ2n) is 4.83. The zero-order valence-electron chi connectivity index (χ0n) is 12.2. The van der Waals surface area contributed by atoms with Gasteiger partial charge in [0.1, 0.15) is 4.90 Å². The van der Waals surface area contributed by atoms with E-state index in [1.807, 2.05) is 32.0 Å². The van der Waals surface area contributed by atoms with Crippen molar-refractivity contribution in [3.8, 4) is 0 Å². The molecule has 1 heterocycles. The van der Waals surface area contributed by atoms with Gasteiger partial charge in [-0.3, -0.25) is 4.68 Å². The third-order valence-electron chi connectivity index (χ3n) is 3.45. The minimum Gasteiger partial charge on any atom is -0.268 e. The van der Waals surface area contributed by atoms with Gasteiger partial charge >= 0.3 is 0 Å². The van der Waals surface area contributed by atoms with Crippen LogP contribution in [0, 0.1) is 0 Å². The molecule has 114 valence electrons. The molecule has 0 radical (unpaired) electrons. The molecular formula is C15H19ClN2O2S. The van der Waals surface area contributed by atoms with Gasteiger partial charge in [0, 0.05) is 17.2 Å². The van der Waals surface area contributed by atoms with Crippen LogP contribution in [0.15, 0.2) is 35.2 Å². The maximum Gasteiger partial charge on any atom is 0.264 e. The fourth-order valence-corrected chi connectivity index (χ4v) is 3.99. The van der Waals surface area contributed by atoms with Crippen LogP contribution in [0.3, 0.4) is 0 Å². The Morgan fingerprint density at radius 1 is 1.14 bits per heavy atom. The largest absolute Gasteiger partial charge is 0.268 e. The van der Waals surface area contributed by atoms with Crippen molar-refractivity contribution in [2.45, 2.75) is 44.6 Å². The molecular weight excluding hydrogens is 308 g/mol. The zero-order valence-corrected chi connectivity index (χ0v) is 13.8. The molecule has 0 N–H and O–H groups in total. The van der Waals surface area contributed by atoms with Crippen LogP contribution in [-0.4, -0.2) is 18.2 Å². The van der Waals surface area contributed by atoms with E-state index in [-0.39, 0.29) is 4.90 Å². The molecule has 0 saturated heterocycles. The van der Waals surface area contributed by atoms with Crippen LogP contribution >= 0.6 is 10.7 Å². The number of aryl methyl sites for hydroxylation is 3. The molecule has 2 aromatic rings. The van der Waals surface area contributed by atoms with Gasteiger partial charge in [0.15, 0.2) is 0 Å². The van der Waals surface area contributed by atoms with Crippen LogP contribution in [0.4, 0.5) is 0 Å². The van der Waals surface area contributed by atoms with Gasteiger partial charge < -0.3 is 0 Å². The average molecular weight is 327 g/mol. The lowest BCUT2D eigenvalue weighted by atomic mass is 10.1. The molecule has 0 aliphatic heterocycles. The lowest BCUT2D eigenvalue weighted by molar-refractivity contribution is 0.577. The normalized spacial score (nSPS) is 11.8. The van der Waals surface area contributed by atoms with Gasteiger partial charge in [0.05, 0.1) is 11.4 Å². The molecule has 0 fully saturated rings. The van der Waals surface area contributed by atoms with E-state index in [1.165, 1.54) is 5.56 Å². The van der Waals surface area contributed by atoms with Crippen LogP contribution < -0.4 is 0 Å². The average Bonchev–Trinajstić information content (AvgIpc) is 2.84. The summed E-state index contributed by atoms with van der Waals surface area (Å²) >= 11 is 0. The SMILES string of the molecule is CCc1nn(CCc2ccccc2)c(CC)c1S(=O)(=O)Cl. The van der Waals surface area contributed by atoms with Crippen LogP contribution in [-0.2, 0) is 34.9 Å². The third-order valence-corrected chi connectivity index (χ3v) is 4.87. The van der Waals surface area contributed by atoms with Crippen LogP contribution in [0.5, 0.6) is 0 Å². The van der Waals surface area contributed by atoms with E-state index in [9.17, 15) is 8.42 Å². The Morgan fingerprint density at radius 3 is 2.33 bits per heavy atom. The van der Waals surface area contributed by atoms with Crippen LogP contribution in [0.1, 0.15) is 30.8 Å². The van der Waals surface area contributed by atoms with Crippen LogP contribution in [0.2, 0.25) is 0 Å².